The van der Waals surface area contributed by atoms with Gasteiger partial charge in [-0.25, -0.2) is 13.9 Å². The minimum atomic E-state index is -4.57. The van der Waals surface area contributed by atoms with Crippen LogP contribution in [0.1, 0.15) is 17.1 Å². The quantitative estimate of drug-likeness (QED) is 0.330. The van der Waals surface area contributed by atoms with Crippen molar-refractivity contribution < 1.29 is 26.7 Å². The molecule has 0 aliphatic rings. The predicted octanol–water partition coefficient (Wildman–Crippen LogP) is 4.93. The van der Waals surface area contributed by atoms with Gasteiger partial charge in [-0.05, 0) is 68.4 Å². The van der Waals surface area contributed by atoms with Gasteiger partial charge >= 0.3 is 6.18 Å². The first-order valence-electron chi connectivity index (χ1n) is 10.8. The molecule has 14 heteroatoms. The van der Waals surface area contributed by atoms with E-state index in [1.165, 1.54) is 64.2 Å². The van der Waals surface area contributed by atoms with Crippen LogP contribution in [0, 0.1) is 25.5 Å². The monoisotopic (exact) mass is 531 g/mol. The van der Waals surface area contributed by atoms with Gasteiger partial charge in [-0.15, -0.1) is 15.0 Å². The van der Waals surface area contributed by atoms with Crippen molar-refractivity contribution in [3.05, 3.63) is 106 Å². The zero-order valence-corrected chi connectivity index (χ0v) is 19.7. The number of alkyl halides is 3. The van der Waals surface area contributed by atoms with Crippen LogP contribution in [0.2, 0.25) is 0 Å². The van der Waals surface area contributed by atoms with Gasteiger partial charge in [0.15, 0.2) is 0 Å². The van der Waals surface area contributed by atoms with Crippen molar-refractivity contribution in [3.63, 3.8) is 0 Å². The van der Waals surface area contributed by atoms with Gasteiger partial charge in [0, 0.05) is 12.3 Å². The number of aromatic amines is 1. The molecule has 2 aromatic carbocycles. The van der Waals surface area contributed by atoms with Crippen molar-refractivity contribution in [2.24, 2.45) is 0 Å². The van der Waals surface area contributed by atoms with E-state index < -0.39 is 17.7 Å². The second kappa shape index (κ2) is 10.6. The topological polar surface area (TPSA) is 104 Å². The summed E-state index contributed by atoms with van der Waals surface area (Å²) in [7, 11) is 0. The Hall–Kier alpha value is -4.88. The lowest BCUT2D eigenvalue weighted by Gasteiger charge is -2.07. The number of nitrogens with one attached hydrogen (secondary N) is 1. The molecule has 0 amide bonds. The largest absolute Gasteiger partial charge is 0.436 e. The molecule has 0 bridgehead atoms. The van der Waals surface area contributed by atoms with Crippen LogP contribution in [0.15, 0.2) is 71.7 Å². The van der Waals surface area contributed by atoms with Gasteiger partial charge in [-0.3, -0.25) is 9.78 Å². The van der Waals surface area contributed by atoms with Crippen molar-refractivity contribution >= 4 is 0 Å². The number of benzene rings is 2. The van der Waals surface area contributed by atoms with E-state index in [9.17, 15) is 26.7 Å². The Morgan fingerprint density at radius 3 is 1.97 bits per heavy atom. The molecule has 196 valence electrons. The van der Waals surface area contributed by atoms with Gasteiger partial charge in [0.25, 0.3) is 11.4 Å². The lowest BCUT2D eigenvalue weighted by Crippen LogP contribution is -2.07. The molecule has 0 aliphatic carbocycles. The van der Waals surface area contributed by atoms with Gasteiger partial charge in [0.2, 0.25) is 0 Å². The molecule has 5 aromatic rings. The maximum Gasteiger partial charge on any atom is 0.433 e. The normalized spacial score (nSPS) is 11.1. The van der Waals surface area contributed by atoms with Gasteiger partial charge < -0.3 is 4.74 Å². The van der Waals surface area contributed by atoms with Crippen molar-refractivity contribution in [1.82, 2.24) is 35.0 Å². The molecule has 9 nitrogen and oxygen atoms in total. The Morgan fingerprint density at radius 1 is 0.816 bits per heavy atom. The number of halogens is 5. The van der Waals surface area contributed by atoms with Crippen LogP contribution < -0.4 is 10.3 Å². The summed E-state index contributed by atoms with van der Waals surface area (Å²) in [5.41, 5.74) is 0.550. The first kappa shape index (κ1) is 26.2. The summed E-state index contributed by atoms with van der Waals surface area (Å²) < 4.78 is 68.9. The number of aromatic nitrogens is 7. The van der Waals surface area contributed by atoms with Crippen LogP contribution in [0.4, 0.5) is 22.0 Å². The zero-order chi connectivity index (χ0) is 27.4. The first-order chi connectivity index (χ1) is 18.0. The summed E-state index contributed by atoms with van der Waals surface area (Å²) in [4.78, 5) is 16.8. The van der Waals surface area contributed by atoms with E-state index in [4.69, 9.17) is 4.74 Å². The Balaban J connectivity index is 0.000000204. The SMILES string of the molecule is Cc1nn(-c2ccc(F)cc2)[nH]c1=O.Cc1nn(-c2ccc(F)cc2)nc1Oc1ccnc(C(F)(F)F)c1. The molecule has 0 atom stereocenters. The molecule has 0 fully saturated rings. The number of rotatable bonds is 4. The summed E-state index contributed by atoms with van der Waals surface area (Å²) >= 11 is 0. The summed E-state index contributed by atoms with van der Waals surface area (Å²) in [5, 5.41) is 14.6. The molecule has 3 aromatic heterocycles. The molecule has 0 radical (unpaired) electrons. The Morgan fingerprint density at radius 2 is 1.42 bits per heavy atom. The lowest BCUT2D eigenvalue weighted by atomic mass is 10.3. The zero-order valence-electron chi connectivity index (χ0n) is 19.7. The van der Waals surface area contributed by atoms with Crippen LogP contribution in [-0.2, 0) is 6.18 Å². The highest BCUT2D eigenvalue weighted by molar-refractivity contribution is 5.33. The summed E-state index contributed by atoms with van der Waals surface area (Å²) in [6.07, 6.45) is -3.57. The fourth-order valence-corrected chi connectivity index (χ4v) is 2.99. The number of H-pyrrole nitrogens is 1. The maximum absolute atomic E-state index is 12.9. The van der Waals surface area contributed by atoms with Crippen LogP contribution >= 0.6 is 0 Å². The number of aryl methyl sites for hydroxylation is 2. The number of ether oxygens (including phenoxy) is 1. The summed E-state index contributed by atoms with van der Waals surface area (Å²) in [6.45, 7) is 3.20. The molecular formula is C24H18F5N7O2. The van der Waals surface area contributed by atoms with Crippen LogP contribution in [0.3, 0.4) is 0 Å². The summed E-state index contributed by atoms with van der Waals surface area (Å²) in [6, 6.07) is 13.2. The van der Waals surface area contributed by atoms with E-state index in [-0.39, 0.29) is 23.0 Å². The Labute approximate surface area is 211 Å². The molecule has 0 saturated heterocycles. The number of hydrogen-bond donors (Lipinski definition) is 1. The van der Waals surface area contributed by atoms with Crippen LogP contribution in [0.25, 0.3) is 11.4 Å². The standard InChI is InChI=1S/C15H10F4N4O.C9H8FN3O/c1-9-14(22-23(21-9)11-4-2-10(16)3-5-11)24-12-6-7-20-13(8-12)15(17,18)19;1-6-9(14)12-13(11-6)8-4-2-7(10)3-5-8/h2-8H,1H3;2-5H,1H3,(H,12,14). The van der Waals surface area contributed by atoms with E-state index in [0.29, 0.717) is 22.8 Å². The van der Waals surface area contributed by atoms with Gasteiger partial charge in [0.05, 0.1) is 11.4 Å². The molecule has 38 heavy (non-hydrogen) atoms. The van der Waals surface area contributed by atoms with Crippen molar-refractivity contribution in [1.29, 1.82) is 0 Å². The first-order valence-corrected chi connectivity index (χ1v) is 10.8. The van der Waals surface area contributed by atoms with Crippen LogP contribution in [-0.4, -0.2) is 35.0 Å². The summed E-state index contributed by atoms with van der Waals surface area (Å²) in [5.74, 6) is -0.749. The molecule has 0 aliphatic heterocycles. The molecule has 3 heterocycles. The molecule has 1 N–H and O–H groups in total. The molecule has 0 unspecified atom stereocenters. The maximum atomic E-state index is 12.9. The minimum absolute atomic E-state index is 0.0404. The van der Waals surface area contributed by atoms with Crippen molar-refractivity contribution in [3.8, 4) is 23.0 Å². The second-order valence-corrected chi connectivity index (χ2v) is 7.75. The van der Waals surface area contributed by atoms with Crippen LogP contribution in [0.5, 0.6) is 11.6 Å². The fourth-order valence-electron chi connectivity index (χ4n) is 2.99. The van der Waals surface area contributed by atoms with Crippen molar-refractivity contribution in [2.45, 2.75) is 20.0 Å². The van der Waals surface area contributed by atoms with E-state index in [0.717, 1.165) is 12.3 Å². The fraction of sp³-hybridized carbons (Fsp3) is 0.125. The van der Waals surface area contributed by atoms with E-state index in [2.05, 4.69) is 25.4 Å². The highest BCUT2D eigenvalue weighted by Crippen LogP contribution is 2.31. The van der Waals surface area contributed by atoms with Crippen molar-refractivity contribution in [2.75, 3.05) is 0 Å². The number of pyridine rings is 1. The predicted molar refractivity (Wildman–Crippen MR) is 124 cm³/mol. The van der Waals surface area contributed by atoms with Gasteiger partial charge in [-0.2, -0.15) is 23.1 Å². The number of nitrogens with zero attached hydrogens (tertiary/aromatic N) is 6. The number of hydrogen-bond acceptors (Lipinski definition) is 6. The molecular weight excluding hydrogens is 513 g/mol. The smallest absolute Gasteiger partial charge is 0.433 e. The third-order valence-electron chi connectivity index (χ3n) is 4.89. The highest BCUT2D eigenvalue weighted by atomic mass is 19.4. The third kappa shape index (κ3) is 6.27. The average molecular weight is 531 g/mol. The second-order valence-electron chi connectivity index (χ2n) is 7.75. The average Bonchev–Trinajstić information content (AvgIpc) is 3.41. The molecule has 0 saturated carbocycles. The third-order valence-corrected chi connectivity index (χ3v) is 4.89. The molecule has 5 rings (SSSR count). The minimum Gasteiger partial charge on any atom is -0.436 e. The lowest BCUT2D eigenvalue weighted by molar-refractivity contribution is -0.141. The van der Waals surface area contributed by atoms with E-state index in [1.807, 2.05) is 0 Å². The Kier molecular flexibility index (Phi) is 7.32. The molecule has 0 spiro atoms. The van der Waals surface area contributed by atoms with Gasteiger partial charge in [-0.1, -0.05) is 0 Å². The highest BCUT2D eigenvalue weighted by Gasteiger charge is 2.32. The Bertz CT molecular complexity index is 1590. The van der Waals surface area contributed by atoms with E-state index >= 15 is 0 Å². The van der Waals surface area contributed by atoms with Gasteiger partial charge in [0.1, 0.15) is 34.5 Å². The van der Waals surface area contributed by atoms with E-state index in [1.54, 1.807) is 13.8 Å².